The minimum Gasteiger partial charge on any atom is -0.490 e. The molecule has 0 aliphatic carbocycles. The topological polar surface area (TPSA) is 61.7 Å². The molecule has 0 unspecified atom stereocenters. The van der Waals surface area contributed by atoms with Gasteiger partial charge in [-0.2, -0.15) is 29.4 Å². The minimum atomic E-state index is 0. The van der Waals surface area contributed by atoms with Gasteiger partial charge in [-0.3, -0.25) is 9.67 Å². The zero-order chi connectivity index (χ0) is 31.5. The predicted octanol–water partition coefficient (Wildman–Crippen LogP) is 9.68. The number of nitrogens with zero attached hydrogens (tertiary/aromatic N) is 5. The molecule has 0 spiro atoms. The molecule has 46 heavy (non-hydrogen) atoms. The van der Waals surface area contributed by atoms with E-state index in [4.69, 9.17) is 4.42 Å². The van der Waals surface area contributed by atoms with Gasteiger partial charge in [0.15, 0.2) is 6.39 Å². The van der Waals surface area contributed by atoms with E-state index < -0.39 is 0 Å². The van der Waals surface area contributed by atoms with Crippen LogP contribution in [0.4, 0.5) is 0 Å². The fourth-order valence-electron chi connectivity index (χ4n) is 5.78. The van der Waals surface area contributed by atoms with E-state index >= 15 is 0 Å². The summed E-state index contributed by atoms with van der Waals surface area (Å²) >= 11 is 0. The fraction of sp³-hybridized carbons (Fsp3) is 0.205. The van der Waals surface area contributed by atoms with Gasteiger partial charge in [-0.15, -0.1) is 29.8 Å². The molecule has 0 N–H and O–H groups in total. The van der Waals surface area contributed by atoms with Crippen LogP contribution in [0.1, 0.15) is 61.8 Å². The van der Waals surface area contributed by atoms with E-state index in [1.54, 1.807) is 0 Å². The van der Waals surface area contributed by atoms with Gasteiger partial charge in [0.1, 0.15) is 0 Å². The van der Waals surface area contributed by atoms with Crippen LogP contribution in [-0.2, 0) is 20.1 Å². The van der Waals surface area contributed by atoms with Crippen molar-refractivity contribution in [3.63, 3.8) is 0 Å². The van der Waals surface area contributed by atoms with Crippen molar-refractivity contribution in [1.82, 2.24) is 24.3 Å². The van der Waals surface area contributed by atoms with E-state index in [0.717, 1.165) is 33.7 Å². The molecule has 0 saturated carbocycles. The fourth-order valence-corrected chi connectivity index (χ4v) is 5.78. The molecule has 235 valence electrons. The first-order valence-corrected chi connectivity index (χ1v) is 15.3. The van der Waals surface area contributed by atoms with E-state index in [1.807, 2.05) is 59.7 Å². The van der Waals surface area contributed by atoms with E-state index in [2.05, 4.69) is 116 Å². The molecule has 0 fully saturated rings. The van der Waals surface area contributed by atoms with Crippen molar-refractivity contribution in [3.8, 4) is 33.9 Å². The number of fused-ring (bicyclic) bond motifs is 1. The molecular weight excluding hydrogens is 747 g/mol. The van der Waals surface area contributed by atoms with Gasteiger partial charge in [-0.05, 0) is 59.2 Å². The van der Waals surface area contributed by atoms with Gasteiger partial charge in [0.05, 0.1) is 17.6 Å². The molecule has 0 aliphatic rings. The van der Waals surface area contributed by atoms with E-state index in [9.17, 15) is 0 Å². The summed E-state index contributed by atoms with van der Waals surface area (Å²) in [5, 5.41) is 4.43. The second-order valence-electron chi connectivity index (χ2n) is 11.9. The number of hydrogen-bond donors (Lipinski definition) is 0. The molecule has 0 amide bonds. The Hall–Kier alpha value is -4.58. The van der Waals surface area contributed by atoms with Crippen LogP contribution in [0.2, 0.25) is 0 Å². The van der Waals surface area contributed by atoms with Gasteiger partial charge >= 0.3 is 0 Å². The number of hydrogen-bond acceptors (Lipinski definition) is 4. The Bertz CT molecular complexity index is 2010. The Morgan fingerprint density at radius 2 is 1.54 bits per heavy atom. The molecule has 0 saturated heterocycles. The maximum Gasteiger partial charge on any atom is 0.169 e. The minimum absolute atomic E-state index is 0. The number of aryl methyl sites for hydroxylation is 2. The van der Waals surface area contributed by atoms with Crippen LogP contribution in [-0.4, -0.2) is 24.3 Å². The smallest absolute Gasteiger partial charge is 0.169 e. The van der Waals surface area contributed by atoms with Gasteiger partial charge in [-0.1, -0.05) is 64.1 Å². The Kier molecular flexibility index (Phi) is 10.2. The summed E-state index contributed by atoms with van der Waals surface area (Å²) in [5.74, 6) is 1.70. The second kappa shape index (κ2) is 14.2. The molecule has 0 aliphatic heterocycles. The molecule has 6 nitrogen and oxygen atoms in total. The molecule has 4 aromatic carbocycles. The van der Waals surface area contributed by atoms with Crippen LogP contribution in [0.15, 0.2) is 108 Å². The number of benzene rings is 4. The number of imidazole rings is 1. The average Bonchev–Trinajstić information content (AvgIpc) is 3.82. The Balaban J connectivity index is 0.000000186. The number of oxazole rings is 1. The molecule has 7 rings (SSSR count). The SMILES string of the molecule is CC(C)c1cccc(C(C)C)c1-n1ccnc1-c1[c-]cc2ocnc2c1.Cc1cccc(C)c1-c1cnn(-c2[c-]cccc2)c1.[Ir]. The van der Waals surface area contributed by atoms with Crippen LogP contribution in [0.5, 0.6) is 0 Å². The molecule has 7 heteroatoms. The maximum atomic E-state index is 5.34. The molecule has 1 radical (unpaired) electrons. The Morgan fingerprint density at radius 3 is 2.22 bits per heavy atom. The summed E-state index contributed by atoms with van der Waals surface area (Å²) in [6, 6.07) is 31.0. The van der Waals surface area contributed by atoms with Gasteiger partial charge in [-0.25, -0.2) is 4.98 Å². The number of para-hydroxylation sites is 2. The third kappa shape index (κ3) is 6.67. The van der Waals surface area contributed by atoms with Crippen molar-refractivity contribution in [3.05, 3.63) is 138 Å². The largest absolute Gasteiger partial charge is 0.490 e. The summed E-state index contributed by atoms with van der Waals surface area (Å²) in [6.07, 6.45) is 9.30. The van der Waals surface area contributed by atoms with Gasteiger partial charge in [0, 0.05) is 55.5 Å². The summed E-state index contributed by atoms with van der Waals surface area (Å²) in [7, 11) is 0. The average molecular weight is 784 g/mol. The van der Waals surface area contributed by atoms with E-state index in [0.29, 0.717) is 11.8 Å². The Morgan fingerprint density at radius 1 is 0.826 bits per heavy atom. The van der Waals surface area contributed by atoms with Gasteiger partial charge < -0.3 is 8.98 Å². The first-order chi connectivity index (χ1) is 21.8. The quantitative estimate of drug-likeness (QED) is 0.158. The van der Waals surface area contributed by atoms with Crippen molar-refractivity contribution < 1.29 is 24.5 Å². The molecule has 0 atom stereocenters. The van der Waals surface area contributed by atoms with Crippen LogP contribution in [0.3, 0.4) is 0 Å². The Labute approximate surface area is 284 Å². The summed E-state index contributed by atoms with van der Waals surface area (Å²) < 4.78 is 9.38. The van der Waals surface area contributed by atoms with Crippen molar-refractivity contribution in [1.29, 1.82) is 0 Å². The predicted molar refractivity (Wildman–Crippen MR) is 181 cm³/mol. The molecule has 3 aromatic heterocycles. The standard InChI is InChI=1S/C22H22N3O.C17H15N2.Ir/c1-14(2)17-6-5-7-18(15(3)4)21(17)25-11-10-23-22(25)16-8-9-20-19(12-16)24-13-26-20;1-13-7-6-8-14(2)17(13)15-11-18-19(12-15)16-9-4-3-5-10-16;/h5-7,9-15H,1-4H3;3-9,11-12H,1-2H3;/q2*-1;. The van der Waals surface area contributed by atoms with Crippen molar-refractivity contribution in [2.75, 3.05) is 0 Å². The second-order valence-corrected chi connectivity index (χ2v) is 11.9. The number of aromatic nitrogens is 5. The van der Waals surface area contributed by atoms with Crippen LogP contribution < -0.4 is 0 Å². The van der Waals surface area contributed by atoms with Crippen molar-refractivity contribution >= 4 is 11.1 Å². The first-order valence-electron chi connectivity index (χ1n) is 15.3. The van der Waals surface area contributed by atoms with E-state index in [-0.39, 0.29) is 20.1 Å². The summed E-state index contributed by atoms with van der Waals surface area (Å²) in [5.41, 5.74) is 12.2. The van der Waals surface area contributed by atoms with Crippen LogP contribution >= 0.6 is 0 Å². The van der Waals surface area contributed by atoms with Crippen LogP contribution in [0, 0.1) is 26.0 Å². The zero-order valence-corrected chi connectivity index (χ0v) is 29.3. The number of rotatable bonds is 6. The molecule has 0 bridgehead atoms. The van der Waals surface area contributed by atoms with Gasteiger partial charge in [0.2, 0.25) is 0 Å². The maximum absolute atomic E-state index is 5.34. The van der Waals surface area contributed by atoms with E-state index in [1.165, 1.54) is 39.9 Å². The van der Waals surface area contributed by atoms with Crippen LogP contribution in [0.25, 0.3) is 45.0 Å². The third-order valence-corrected chi connectivity index (χ3v) is 8.02. The monoisotopic (exact) mass is 784 g/mol. The molecule has 7 aromatic rings. The molecular formula is C39H37IrN5O-2. The molecule has 3 heterocycles. The summed E-state index contributed by atoms with van der Waals surface area (Å²) in [6.45, 7) is 13.2. The summed E-state index contributed by atoms with van der Waals surface area (Å²) in [4.78, 5) is 8.89. The van der Waals surface area contributed by atoms with Crippen molar-refractivity contribution in [2.24, 2.45) is 0 Å². The van der Waals surface area contributed by atoms with Crippen molar-refractivity contribution in [2.45, 2.75) is 53.4 Å². The first kappa shape index (κ1) is 32.8. The normalized spacial score (nSPS) is 11.0. The van der Waals surface area contributed by atoms with Gasteiger partial charge in [0.25, 0.3) is 0 Å². The third-order valence-electron chi connectivity index (χ3n) is 8.02. The zero-order valence-electron chi connectivity index (χ0n) is 26.9.